The summed E-state index contributed by atoms with van der Waals surface area (Å²) in [5.41, 5.74) is 3.73. The highest BCUT2D eigenvalue weighted by atomic mass is 35.5. The summed E-state index contributed by atoms with van der Waals surface area (Å²) in [6.45, 7) is 3.34. The second-order valence-corrected chi connectivity index (χ2v) is 14.9. The van der Waals surface area contributed by atoms with E-state index in [9.17, 15) is 18.0 Å². The lowest BCUT2D eigenvalue weighted by Crippen LogP contribution is -2.54. The van der Waals surface area contributed by atoms with Crippen molar-refractivity contribution < 1.29 is 18.0 Å². The van der Waals surface area contributed by atoms with Crippen LogP contribution in [-0.4, -0.2) is 43.8 Å². The van der Waals surface area contributed by atoms with Gasteiger partial charge >= 0.3 is 0 Å². The van der Waals surface area contributed by atoms with Gasteiger partial charge in [0, 0.05) is 29.1 Å². The molecule has 0 radical (unpaired) electrons. The maximum atomic E-state index is 14.7. The first-order valence-electron chi connectivity index (χ1n) is 15.7. The van der Waals surface area contributed by atoms with Gasteiger partial charge in [0.1, 0.15) is 12.6 Å². The Hall–Kier alpha value is -3.85. The monoisotopic (exact) mass is 691 g/mol. The van der Waals surface area contributed by atoms with E-state index < -0.39 is 28.5 Å². The Morgan fingerprint density at radius 1 is 0.809 bits per heavy atom. The fourth-order valence-corrected chi connectivity index (χ4v) is 7.89. The van der Waals surface area contributed by atoms with E-state index in [1.807, 2.05) is 68.4 Å². The molecule has 10 heteroatoms. The first kappa shape index (κ1) is 34.5. The van der Waals surface area contributed by atoms with Crippen LogP contribution in [-0.2, 0) is 32.6 Å². The van der Waals surface area contributed by atoms with Crippen LogP contribution in [0.25, 0.3) is 0 Å². The number of nitrogens with one attached hydrogen (secondary N) is 1. The van der Waals surface area contributed by atoms with Gasteiger partial charge in [-0.25, -0.2) is 8.42 Å². The van der Waals surface area contributed by atoms with Gasteiger partial charge in [-0.05, 0) is 68.1 Å². The smallest absolute Gasteiger partial charge is 0.264 e. The summed E-state index contributed by atoms with van der Waals surface area (Å²) in [6, 6.07) is 27.2. The Morgan fingerprint density at radius 2 is 1.45 bits per heavy atom. The molecule has 2 amide bonds. The molecule has 1 N–H and O–H groups in total. The number of sulfonamides is 1. The SMILES string of the molecule is Cc1ccc(S(=O)(=O)N(CC(=O)N(Cc2cccc(C)c2)[C@@H](Cc2ccccc2)C(=O)NC2CCCC2)c2cc(Cl)cc(Cl)c2)cc1. The van der Waals surface area contributed by atoms with E-state index in [1.165, 1.54) is 35.2 Å². The Labute approximate surface area is 287 Å². The van der Waals surface area contributed by atoms with Gasteiger partial charge in [-0.15, -0.1) is 0 Å². The lowest BCUT2D eigenvalue weighted by Gasteiger charge is -2.34. The molecule has 1 saturated carbocycles. The lowest BCUT2D eigenvalue weighted by atomic mass is 10.0. The third-order valence-corrected chi connectivity index (χ3v) is 10.7. The summed E-state index contributed by atoms with van der Waals surface area (Å²) in [5.74, 6) is -0.804. The number of halogens is 2. The summed E-state index contributed by atoms with van der Waals surface area (Å²) < 4.78 is 29.5. The standard InChI is InChI=1S/C37H39Cl2N3O4S/c1-26-15-17-34(18-16-26)47(45,46)42(33-22-30(38)21-31(39)23-33)25-36(43)41(24-29-12-8-9-27(2)19-29)35(20-28-10-4-3-5-11-28)37(44)40-32-13-6-7-14-32/h3-5,8-12,15-19,21-23,32,35H,6-7,13-14,20,24-25H2,1-2H3,(H,40,44)/t35-/m0/s1. The second-order valence-electron chi connectivity index (χ2n) is 12.2. The summed E-state index contributed by atoms with van der Waals surface area (Å²) >= 11 is 12.7. The van der Waals surface area contributed by atoms with Crippen molar-refractivity contribution in [3.63, 3.8) is 0 Å². The largest absolute Gasteiger partial charge is 0.352 e. The summed E-state index contributed by atoms with van der Waals surface area (Å²) in [6.07, 6.45) is 4.09. The van der Waals surface area contributed by atoms with Crippen LogP contribution in [0.3, 0.4) is 0 Å². The van der Waals surface area contributed by atoms with Crippen LogP contribution in [0, 0.1) is 13.8 Å². The van der Waals surface area contributed by atoms with Crippen LogP contribution in [0.2, 0.25) is 10.0 Å². The number of rotatable bonds is 12. The van der Waals surface area contributed by atoms with Crippen molar-refractivity contribution in [3.8, 4) is 0 Å². The fraction of sp³-hybridized carbons (Fsp3) is 0.297. The van der Waals surface area contributed by atoms with Crippen molar-refractivity contribution in [1.29, 1.82) is 0 Å². The Bertz CT molecular complexity index is 1790. The molecule has 0 spiro atoms. The van der Waals surface area contributed by atoms with Crippen molar-refractivity contribution >= 4 is 50.7 Å². The first-order chi connectivity index (χ1) is 22.5. The number of carbonyl (C=O) groups excluding carboxylic acids is 2. The molecule has 47 heavy (non-hydrogen) atoms. The maximum Gasteiger partial charge on any atom is 0.264 e. The van der Waals surface area contributed by atoms with Crippen LogP contribution >= 0.6 is 23.2 Å². The highest BCUT2D eigenvalue weighted by molar-refractivity contribution is 7.92. The topological polar surface area (TPSA) is 86.8 Å². The average molecular weight is 693 g/mol. The van der Waals surface area contributed by atoms with Crippen LogP contribution < -0.4 is 9.62 Å². The number of hydrogen-bond acceptors (Lipinski definition) is 4. The average Bonchev–Trinajstić information content (AvgIpc) is 3.54. The molecule has 7 nitrogen and oxygen atoms in total. The van der Waals surface area contributed by atoms with Crippen molar-refractivity contribution in [2.24, 2.45) is 0 Å². The third kappa shape index (κ3) is 8.95. The highest BCUT2D eigenvalue weighted by Crippen LogP contribution is 2.30. The minimum absolute atomic E-state index is 0.0112. The van der Waals surface area contributed by atoms with Crippen LogP contribution in [0.1, 0.15) is 47.9 Å². The summed E-state index contributed by atoms with van der Waals surface area (Å²) in [7, 11) is -4.27. The summed E-state index contributed by atoms with van der Waals surface area (Å²) in [5, 5.41) is 3.64. The number of nitrogens with zero attached hydrogens (tertiary/aromatic N) is 2. The predicted octanol–water partition coefficient (Wildman–Crippen LogP) is 7.50. The van der Waals surface area contributed by atoms with E-state index in [0.717, 1.165) is 52.2 Å². The number of amides is 2. The molecular weight excluding hydrogens is 653 g/mol. The molecule has 1 aliphatic carbocycles. The molecule has 4 aromatic rings. The molecule has 0 heterocycles. The lowest BCUT2D eigenvalue weighted by molar-refractivity contribution is -0.140. The molecule has 0 bridgehead atoms. The second kappa shape index (κ2) is 15.4. The molecule has 5 rings (SSSR count). The van der Waals surface area contributed by atoms with Crippen LogP contribution in [0.15, 0.2) is 102 Å². The molecule has 0 unspecified atom stereocenters. The highest BCUT2D eigenvalue weighted by Gasteiger charge is 2.35. The van der Waals surface area contributed by atoms with E-state index >= 15 is 0 Å². The van der Waals surface area contributed by atoms with E-state index in [0.29, 0.717) is 0 Å². The molecule has 0 saturated heterocycles. The Balaban J connectivity index is 1.58. The number of carbonyl (C=O) groups is 2. The van der Waals surface area contributed by atoms with Gasteiger partial charge in [-0.1, -0.05) is 114 Å². The van der Waals surface area contributed by atoms with Crippen molar-refractivity contribution in [1.82, 2.24) is 10.2 Å². The fourth-order valence-electron chi connectivity index (χ4n) is 5.98. The molecule has 246 valence electrons. The third-order valence-electron chi connectivity index (χ3n) is 8.43. The number of benzene rings is 4. The number of aryl methyl sites for hydroxylation is 2. The molecule has 1 aliphatic rings. The Kier molecular flexibility index (Phi) is 11.3. The first-order valence-corrected chi connectivity index (χ1v) is 17.9. The van der Waals surface area contributed by atoms with E-state index in [-0.39, 0.29) is 45.5 Å². The van der Waals surface area contributed by atoms with Crippen molar-refractivity contribution in [2.75, 3.05) is 10.8 Å². The normalized spacial score (nSPS) is 14.0. The molecule has 0 aromatic heterocycles. The van der Waals surface area contributed by atoms with Gasteiger partial charge in [0.05, 0.1) is 10.6 Å². The Morgan fingerprint density at radius 3 is 2.09 bits per heavy atom. The zero-order chi connectivity index (χ0) is 33.6. The van der Waals surface area contributed by atoms with E-state index in [4.69, 9.17) is 23.2 Å². The van der Waals surface area contributed by atoms with Gasteiger partial charge in [0.25, 0.3) is 10.0 Å². The molecule has 4 aromatic carbocycles. The zero-order valence-corrected chi connectivity index (χ0v) is 28.9. The molecule has 1 fully saturated rings. The van der Waals surface area contributed by atoms with Crippen LogP contribution in [0.4, 0.5) is 5.69 Å². The van der Waals surface area contributed by atoms with E-state index in [2.05, 4.69) is 5.32 Å². The quantitative estimate of drug-likeness (QED) is 0.167. The summed E-state index contributed by atoms with van der Waals surface area (Å²) in [4.78, 5) is 30.3. The van der Waals surface area contributed by atoms with Gasteiger partial charge in [-0.2, -0.15) is 0 Å². The predicted molar refractivity (Wildman–Crippen MR) is 188 cm³/mol. The molecule has 1 atom stereocenters. The van der Waals surface area contributed by atoms with Gasteiger partial charge in [-0.3, -0.25) is 13.9 Å². The zero-order valence-electron chi connectivity index (χ0n) is 26.5. The minimum Gasteiger partial charge on any atom is -0.352 e. The van der Waals surface area contributed by atoms with Crippen LogP contribution in [0.5, 0.6) is 0 Å². The molecule has 0 aliphatic heterocycles. The maximum absolute atomic E-state index is 14.7. The van der Waals surface area contributed by atoms with Gasteiger partial charge in [0.2, 0.25) is 11.8 Å². The minimum atomic E-state index is -4.27. The van der Waals surface area contributed by atoms with Crippen molar-refractivity contribution in [3.05, 3.63) is 129 Å². The van der Waals surface area contributed by atoms with Gasteiger partial charge < -0.3 is 10.2 Å². The van der Waals surface area contributed by atoms with Crippen molar-refractivity contribution in [2.45, 2.75) is 69.5 Å². The number of hydrogen-bond donors (Lipinski definition) is 1. The molecular formula is C37H39Cl2N3O4S. The van der Waals surface area contributed by atoms with E-state index in [1.54, 1.807) is 12.1 Å². The number of anilines is 1. The van der Waals surface area contributed by atoms with Gasteiger partial charge in [0.15, 0.2) is 0 Å².